The zero-order valence-corrected chi connectivity index (χ0v) is 17.3. The molecule has 0 aliphatic carbocycles. The van der Waals surface area contributed by atoms with E-state index in [0.717, 1.165) is 29.5 Å². The standard InChI is InChI=1S/C26H24N2O3/c1-2-3-17-23(30)27-26-24(18-11-5-4-6-12-18)28-25(31-26)21-15-8-7-13-19(21)20-14-9-10-16-22(20)29/h4-16,29H,2-3,17H2,1H3,(H,27,30). The first-order valence-electron chi connectivity index (χ1n) is 10.4. The van der Waals surface area contributed by atoms with Crippen LogP contribution in [-0.2, 0) is 4.79 Å². The molecule has 1 amide bonds. The molecule has 2 N–H and O–H groups in total. The molecule has 31 heavy (non-hydrogen) atoms. The Morgan fingerprint density at radius 1 is 0.903 bits per heavy atom. The normalized spacial score (nSPS) is 10.7. The number of rotatable bonds is 7. The number of unbranched alkanes of at least 4 members (excludes halogenated alkanes) is 1. The molecule has 0 unspecified atom stereocenters. The van der Waals surface area contributed by atoms with E-state index in [-0.39, 0.29) is 11.7 Å². The van der Waals surface area contributed by atoms with Crippen LogP contribution in [0.25, 0.3) is 33.8 Å². The molecule has 156 valence electrons. The molecule has 0 spiro atoms. The summed E-state index contributed by atoms with van der Waals surface area (Å²) in [6.45, 7) is 2.05. The van der Waals surface area contributed by atoms with Gasteiger partial charge in [0.2, 0.25) is 17.7 Å². The van der Waals surface area contributed by atoms with Crippen LogP contribution in [0.1, 0.15) is 26.2 Å². The molecule has 4 aromatic rings. The second-order valence-corrected chi connectivity index (χ2v) is 7.28. The van der Waals surface area contributed by atoms with Gasteiger partial charge in [0.1, 0.15) is 11.4 Å². The summed E-state index contributed by atoms with van der Waals surface area (Å²) in [5.41, 5.74) is 3.64. The number of hydrogen-bond donors (Lipinski definition) is 2. The smallest absolute Gasteiger partial charge is 0.229 e. The molecule has 0 saturated heterocycles. The van der Waals surface area contributed by atoms with Crippen molar-refractivity contribution in [2.45, 2.75) is 26.2 Å². The quantitative estimate of drug-likeness (QED) is 0.363. The van der Waals surface area contributed by atoms with Crippen molar-refractivity contribution in [2.24, 2.45) is 0 Å². The number of aromatic nitrogens is 1. The summed E-state index contributed by atoms with van der Waals surface area (Å²) in [6.07, 6.45) is 2.17. The van der Waals surface area contributed by atoms with E-state index in [1.165, 1.54) is 0 Å². The second-order valence-electron chi connectivity index (χ2n) is 7.28. The zero-order chi connectivity index (χ0) is 21.6. The van der Waals surface area contributed by atoms with Gasteiger partial charge in [-0.2, -0.15) is 0 Å². The molecule has 0 atom stereocenters. The number of amides is 1. The lowest BCUT2D eigenvalue weighted by atomic mass is 9.99. The van der Waals surface area contributed by atoms with E-state index in [2.05, 4.69) is 5.32 Å². The van der Waals surface area contributed by atoms with Gasteiger partial charge in [0.25, 0.3) is 0 Å². The second kappa shape index (κ2) is 9.30. The third-order valence-electron chi connectivity index (χ3n) is 5.04. The van der Waals surface area contributed by atoms with E-state index in [1.54, 1.807) is 12.1 Å². The summed E-state index contributed by atoms with van der Waals surface area (Å²) in [7, 11) is 0. The lowest BCUT2D eigenvalue weighted by molar-refractivity contribution is -0.116. The molecule has 0 aliphatic rings. The van der Waals surface area contributed by atoms with Gasteiger partial charge in [-0.05, 0) is 24.1 Å². The summed E-state index contributed by atoms with van der Waals surface area (Å²) in [5.74, 6) is 0.784. The first kappa shape index (κ1) is 20.4. The Morgan fingerprint density at radius 3 is 2.26 bits per heavy atom. The molecule has 0 saturated carbocycles. The summed E-state index contributed by atoms with van der Waals surface area (Å²) < 4.78 is 6.08. The van der Waals surface area contributed by atoms with Crippen molar-refractivity contribution in [3.63, 3.8) is 0 Å². The van der Waals surface area contributed by atoms with E-state index >= 15 is 0 Å². The lowest BCUT2D eigenvalue weighted by Crippen LogP contribution is -2.11. The van der Waals surface area contributed by atoms with Crippen molar-refractivity contribution in [1.29, 1.82) is 0 Å². The largest absolute Gasteiger partial charge is 0.507 e. The topological polar surface area (TPSA) is 75.4 Å². The van der Waals surface area contributed by atoms with Crippen LogP contribution in [0.15, 0.2) is 83.3 Å². The molecular weight excluding hydrogens is 388 g/mol. The molecule has 5 heteroatoms. The highest BCUT2D eigenvalue weighted by Crippen LogP contribution is 2.39. The monoisotopic (exact) mass is 412 g/mol. The summed E-state index contributed by atoms with van der Waals surface area (Å²) >= 11 is 0. The highest BCUT2D eigenvalue weighted by Gasteiger charge is 2.21. The Labute approximate surface area is 181 Å². The average molecular weight is 412 g/mol. The fourth-order valence-corrected chi connectivity index (χ4v) is 3.44. The minimum absolute atomic E-state index is 0.101. The number of carbonyl (C=O) groups excluding carboxylic acids is 1. The third kappa shape index (κ3) is 4.51. The van der Waals surface area contributed by atoms with Crippen molar-refractivity contribution < 1.29 is 14.3 Å². The summed E-state index contributed by atoms with van der Waals surface area (Å²) in [5, 5.41) is 13.3. The molecule has 0 radical (unpaired) electrons. The van der Waals surface area contributed by atoms with Crippen molar-refractivity contribution >= 4 is 11.8 Å². The lowest BCUT2D eigenvalue weighted by Gasteiger charge is -2.08. The summed E-state index contributed by atoms with van der Waals surface area (Å²) in [6, 6.07) is 24.4. The van der Waals surface area contributed by atoms with Gasteiger partial charge in [0.05, 0.1) is 0 Å². The SMILES string of the molecule is CCCCC(=O)Nc1oc(-c2ccccc2-c2ccccc2O)nc1-c1ccccc1. The number of para-hydroxylation sites is 1. The summed E-state index contributed by atoms with van der Waals surface area (Å²) in [4.78, 5) is 17.1. The first-order chi connectivity index (χ1) is 15.2. The van der Waals surface area contributed by atoms with Gasteiger partial charge in [-0.3, -0.25) is 10.1 Å². The number of oxazole rings is 1. The predicted molar refractivity (Wildman–Crippen MR) is 123 cm³/mol. The zero-order valence-electron chi connectivity index (χ0n) is 17.3. The molecular formula is C26H24N2O3. The minimum atomic E-state index is -0.101. The van der Waals surface area contributed by atoms with E-state index < -0.39 is 0 Å². The van der Waals surface area contributed by atoms with Gasteiger partial charge in [-0.1, -0.05) is 80.1 Å². The molecule has 0 aliphatic heterocycles. The van der Waals surface area contributed by atoms with Crippen molar-refractivity contribution in [2.75, 3.05) is 5.32 Å². The average Bonchev–Trinajstić information content (AvgIpc) is 3.22. The van der Waals surface area contributed by atoms with Crippen LogP contribution in [0.2, 0.25) is 0 Å². The number of anilines is 1. The van der Waals surface area contributed by atoms with E-state index in [9.17, 15) is 9.90 Å². The van der Waals surface area contributed by atoms with E-state index in [0.29, 0.717) is 29.5 Å². The Morgan fingerprint density at radius 2 is 1.55 bits per heavy atom. The van der Waals surface area contributed by atoms with Crippen molar-refractivity contribution in [3.05, 3.63) is 78.9 Å². The minimum Gasteiger partial charge on any atom is -0.507 e. The fraction of sp³-hybridized carbons (Fsp3) is 0.154. The number of hydrogen-bond acceptors (Lipinski definition) is 4. The fourth-order valence-electron chi connectivity index (χ4n) is 3.44. The van der Waals surface area contributed by atoms with Crippen LogP contribution in [-0.4, -0.2) is 16.0 Å². The Bertz CT molecular complexity index is 1180. The highest BCUT2D eigenvalue weighted by molar-refractivity contribution is 5.93. The van der Waals surface area contributed by atoms with Gasteiger partial charge >= 0.3 is 0 Å². The van der Waals surface area contributed by atoms with E-state index in [4.69, 9.17) is 9.40 Å². The number of phenolic OH excluding ortho intramolecular Hbond substituents is 1. The number of phenols is 1. The van der Waals surface area contributed by atoms with Crippen LogP contribution < -0.4 is 5.32 Å². The molecule has 1 heterocycles. The maximum Gasteiger partial charge on any atom is 0.229 e. The maximum absolute atomic E-state index is 12.4. The first-order valence-corrected chi connectivity index (χ1v) is 10.4. The molecule has 0 fully saturated rings. The van der Waals surface area contributed by atoms with Gasteiger partial charge in [0, 0.05) is 23.1 Å². The number of aromatic hydroxyl groups is 1. The maximum atomic E-state index is 12.4. The molecule has 0 bridgehead atoms. The van der Waals surface area contributed by atoms with Gasteiger partial charge in [-0.15, -0.1) is 0 Å². The van der Waals surface area contributed by atoms with Gasteiger partial charge < -0.3 is 9.52 Å². The van der Waals surface area contributed by atoms with E-state index in [1.807, 2.05) is 73.7 Å². The Kier molecular flexibility index (Phi) is 6.13. The van der Waals surface area contributed by atoms with Crippen LogP contribution in [0, 0.1) is 0 Å². The molecule has 4 rings (SSSR count). The van der Waals surface area contributed by atoms with Crippen LogP contribution in [0.5, 0.6) is 5.75 Å². The third-order valence-corrected chi connectivity index (χ3v) is 5.04. The molecule has 5 nitrogen and oxygen atoms in total. The van der Waals surface area contributed by atoms with Crippen molar-refractivity contribution in [1.82, 2.24) is 4.98 Å². The highest BCUT2D eigenvalue weighted by atomic mass is 16.4. The number of nitrogens with one attached hydrogen (secondary N) is 1. The number of nitrogens with zero attached hydrogens (tertiary/aromatic N) is 1. The van der Waals surface area contributed by atoms with Crippen molar-refractivity contribution in [3.8, 4) is 39.6 Å². The number of carbonyl (C=O) groups is 1. The van der Waals surface area contributed by atoms with Gasteiger partial charge in [0.15, 0.2) is 0 Å². The van der Waals surface area contributed by atoms with Gasteiger partial charge in [-0.25, -0.2) is 4.98 Å². The predicted octanol–water partition coefficient (Wildman–Crippen LogP) is 6.51. The Balaban J connectivity index is 1.80. The van der Waals surface area contributed by atoms with Crippen LogP contribution in [0.4, 0.5) is 5.88 Å². The Hall–Kier alpha value is -3.86. The van der Waals surface area contributed by atoms with Crippen LogP contribution >= 0.6 is 0 Å². The molecule has 1 aromatic heterocycles. The number of benzene rings is 3. The van der Waals surface area contributed by atoms with Crippen LogP contribution in [0.3, 0.4) is 0 Å². The molecule has 3 aromatic carbocycles.